The molecule has 2 aromatic rings. The predicted molar refractivity (Wildman–Crippen MR) is 107 cm³/mol. The first-order valence-electron chi connectivity index (χ1n) is 9.09. The fraction of sp³-hybridized carbons (Fsp3) is 0.333. The van der Waals surface area contributed by atoms with Gasteiger partial charge < -0.3 is 24.4 Å². The molecule has 148 valence electrons. The van der Waals surface area contributed by atoms with Crippen LogP contribution in [0.2, 0.25) is 0 Å². The van der Waals surface area contributed by atoms with Gasteiger partial charge in [-0.25, -0.2) is 0 Å². The molecule has 1 aliphatic heterocycles. The van der Waals surface area contributed by atoms with Gasteiger partial charge in [0.25, 0.3) is 5.91 Å². The highest BCUT2D eigenvalue weighted by molar-refractivity contribution is 6.08. The second-order valence-electron chi connectivity index (χ2n) is 6.38. The molecule has 0 spiro atoms. The summed E-state index contributed by atoms with van der Waals surface area (Å²) in [6, 6.07) is 10.4. The Balaban J connectivity index is 1.92. The third-order valence-electron chi connectivity index (χ3n) is 4.71. The van der Waals surface area contributed by atoms with E-state index < -0.39 is 0 Å². The molecule has 2 amide bonds. The van der Waals surface area contributed by atoms with Crippen LogP contribution in [0.25, 0.3) is 0 Å². The van der Waals surface area contributed by atoms with Gasteiger partial charge in [0, 0.05) is 18.7 Å². The molecule has 7 nitrogen and oxygen atoms in total. The molecular formula is C21H24N2O5. The van der Waals surface area contributed by atoms with E-state index in [0.29, 0.717) is 47.2 Å². The third kappa shape index (κ3) is 3.88. The van der Waals surface area contributed by atoms with Crippen molar-refractivity contribution in [1.29, 1.82) is 0 Å². The van der Waals surface area contributed by atoms with E-state index in [4.69, 9.17) is 14.2 Å². The lowest BCUT2D eigenvalue weighted by atomic mass is 10.1. The van der Waals surface area contributed by atoms with Crippen LogP contribution in [0.5, 0.6) is 17.2 Å². The molecule has 0 radical (unpaired) electrons. The van der Waals surface area contributed by atoms with Gasteiger partial charge >= 0.3 is 0 Å². The fourth-order valence-electron chi connectivity index (χ4n) is 3.31. The van der Waals surface area contributed by atoms with E-state index in [2.05, 4.69) is 5.32 Å². The normalized spacial score (nSPS) is 13.8. The predicted octanol–water partition coefficient (Wildman–Crippen LogP) is 3.48. The number of carbonyl (C=O) groups excluding carboxylic acids is 2. The van der Waals surface area contributed by atoms with Crippen molar-refractivity contribution >= 4 is 23.2 Å². The summed E-state index contributed by atoms with van der Waals surface area (Å²) in [5.74, 6) is 1.10. The molecule has 0 atom stereocenters. The molecule has 1 heterocycles. The maximum atomic E-state index is 12.9. The molecule has 3 rings (SSSR count). The van der Waals surface area contributed by atoms with E-state index in [1.165, 1.54) is 14.2 Å². The average Bonchev–Trinajstić information content (AvgIpc) is 2.73. The Kier molecular flexibility index (Phi) is 6.03. The highest BCUT2D eigenvalue weighted by Crippen LogP contribution is 2.35. The standard InChI is InChI=1S/C21H24N2O5/c1-26-16-11-10-14(13-15(16)23-12-5-4-9-19(23)24)22-21(25)20-17(27-2)7-6-8-18(20)28-3/h6-8,10-11,13H,4-5,9,12H2,1-3H3,(H,22,25). The molecule has 28 heavy (non-hydrogen) atoms. The van der Waals surface area contributed by atoms with Crippen LogP contribution in [0.3, 0.4) is 0 Å². The number of nitrogens with one attached hydrogen (secondary N) is 1. The number of rotatable bonds is 6. The van der Waals surface area contributed by atoms with E-state index in [0.717, 1.165) is 12.8 Å². The van der Waals surface area contributed by atoms with Gasteiger partial charge in [0.05, 0.1) is 27.0 Å². The second kappa shape index (κ2) is 8.65. The highest BCUT2D eigenvalue weighted by Gasteiger charge is 2.24. The van der Waals surface area contributed by atoms with Gasteiger partial charge in [0.1, 0.15) is 22.8 Å². The van der Waals surface area contributed by atoms with Gasteiger partial charge in [-0.15, -0.1) is 0 Å². The van der Waals surface area contributed by atoms with Crippen molar-refractivity contribution in [2.24, 2.45) is 0 Å². The molecule has 0 aliphatic carbocycles. The summed E-state index contributed by atoms with van der Waals surface area (Å²) in [6.07, 6.45) is 2.34. The van der Waals surface area contributed by atoms with E-state index >= 15 is 0 Å². The number of hydrogen-bond acceptors (Lipinski definition) is 5. The zero-order valence-electron chi connectivity index (χ0n) is 16.3. The molecule has 1 fully saturated rings. The van der Waals surface area contributed by atoms with Crippen molar-refractivity contribution in [3.05, 3.63) is 42.0 Å². The second-order valence-corrected chi connectivity index (χ2v) is 6.38. The number of hydrogen-bond donors (Lipinski definition) is 1. The number of nitrogens with zero attached hydrogens (tertiary/aromatic N) is 1. The van der Waals surface area contributed by atoms with Gasteiger partial charge in [-0.3, -0.25) is 9.59 Å². The zero-order valence-corrected chi connectivity index (χ0v) is 16.3. The largest absolute Gasteiger partial charge is 0.496 e. The van der Waals surface area contributed by atoms with Crippen molar-refractivity contribution in [3.63, 3.8) is 0 Å². The number of anilines is 2. The van der Waals surface area contributed by atoms with Gasteiger partial charge in [-0.2, -0.15) is 0 Å². The van der Waals surface area contributed by atoms with Crippen LogP contribution in [0.1, 0.15) is 29.6 Å². The monoisotopic (exact) mass is 384 g/mol. The lowest BCUT2D eigenvalue weighted by molar-refractivity contribution is -0.119. The minimum atomic E-state index is -0.365. The quantitative estimate of drug-likeness (QED) is 0.825. The summed E-state index contributed by atoms with van der Waals surface area (Å²) in [5.41, 5.74) is 1.50. The summed E-state index contributed by atoms with van der Waals surface area (Å²) >= 11 is 0. The highest BCUT2D eigenvalue weighted by atomic mass is 16.5. The van der Waals surface area contributed by atoms with Crippen LogP contribution in [0, 0.1) is 0 Å². The average molecular weight is 384 g/mol. The van der Waals surface area contributed by atoms with Gasteiger partial charge in [-0.05, 0) is 43.2 Å². The smallest absolute Gasteiger partial charge is 0.263 e. The molecule has 0 unspecified atom stereocenters. The molecule has 1 aliphatic rings. The fourth-order valence-corrected chi connectivity index (χ4v) is 3.31. The van der Waals surface area contributed by atoms with E-state index in [-0.39, 0.29) is 11.8 Å². The topological polar surface area (TPSA) is 77.1 Å². The Morgan fingerprint density at radius 1 is 0.964 bits per heavy atom. The van der Waals surface area contributed by atoms with Crippen molar-refractivity contribution in [2.45, 2.75) is 19.3 Å². The minimum Gasteiger partial charge on any atom is -0.496 e. The Labute approximate surface area is 164 Å². The molecule has 0 bridgehead atoms. The van der Waals surface area contributed by atoms with Crippen LogP contribution < -0.4 is 24.4 Å². The number of ether oxygens (including phenoxy) is 3. The van der Waals surface area contributed by atoms with Crippen LogP contribution in [0.15, 0.2) is 36.4 Å². The summed E-state index contributed by atoms with van der Waals surface area (Å²) in [5, 5.41) is 2.86. The number of benzene rings is 2. The minimum absolute atomic E-state index is 0.0550. The summed E-state index contributed by atoms with van der Waals surface area (Å²) in [6.45, 7) is 0.632. The lowest BCUT2D eigenvalue weighted by Gasteiger charge is -2.28. The van der Waals surface area contributed by atoms with Gasteiger partial charge in [0.15, 0.2) is 0 Å². The van der Waals surface area contributed by atoms with Crippen molar-refractivity contribution in [3.8, 4) is 17.2 Å². The molecule has 2 aromatic carbocycles. The SMILES string of the molecule is COc1ccc(NC(=O)c2c(OC)cccc2OC)cc1N1CCCCC1=O. The van der Waals surface area contributed by atoms with E-state index in [1.807, 2.05) is 0 Å². The van der Waals surface area contributed by atoms with Gasteiger partial charge in [0.2, 0.25) is 5.91 Å². The van der Waals surface area contributed by atoms with Crippen molar-refractivity contribution in [1.82, 2.24) is 0 Å². The van der Waals surface area contributed by atoms with Crippen LogP contribution >= 0.6 is 0 Å². The molecular weight excluding hydrogens is 360 g/mol. The molecule has 1 saturated heterocycles. The summed E-state index contributed by atoms with van der Waals surface area (Å²) in [4.78, 5) is 26.9. The first-order valence-corrected chi connectivity index (χ1v) is 9.09. The zero-order chi connectivity index (χ0) is 20.1. The number of amides is 2. The number of carbonyl (C=O) groups is 2. The number of methoxy groups -OCH3 is 3. The first kappa shape index (κ1) is 19.5. The maximum Gasteiger partial charge on any atom is 0.263 e. The molecule has 7 heteroatoms. The Bertz CT molecular complexity index is 859. The van der Waals surface area contributed by atoms with Crippen LogP contribution in [0.4, 0.5) is 11.4 Å². The molecule has 0 aromatic heterocycles. The maximum absolute atomic E-state index is 12.9. The van der Waals surface area contributed by atoms with Crippen LogP contribution in [-0.2, 0) is 4.79 Å². The van der Waals surface area contributed by atoms with E-state index in [1.54, 1.807) is 48.4 Å². The Hall–Kier alpha value is -3.22. The third-order valence-corrected chi connectivity index (χ3v) is 4.71. The van der Waals surface area contributed by atoms with Crippen LogP contribution in [-0.4, -0.2) is 39.7 Å². The molecule has 1 N–H and O–H groups in total. The lowest BCUT2D eigenvalue weighted by Crippen LogP contribution is -2.35. The number of piperidine rings is 1. The van der Waals surface area contributed by atoms with Crippen molar-refractivity contribution < 1.29 is 23.8 Å². The van der Waals surface area contributed by atoms with E-state index in [9.17, 15) is 9.59 Å². The Morgan fingerprint density at radius 2 is 1.64 bits per heavy atom. The first-order chi connectivity index (χ1) is 13.6. The van der Waals surface area contributed by atoms with Crippen molar-refractivity contribution in [2.75, 3.05) is 38.1 Å². The summed E-state index contributed by atoms with van der Waals surface area (Å²) in [7, 11) is 4.56. The summed E-state index contributed by atoms with van der Waals surface area (Å²) < 4.78 is 16.0. The van der Waals surface area contributed by atoms with Gasteiger partial charge in [-0.1, -0.05) is 6.07 Å². The Morgan fingerprint density at radius 3 is 2.25 bits per heavy atom. The molecule has 0 saturated carbocycles.